The molecule has 2 aliphatic rings. The number of rotatable bonds is 2. The molecule has 2 unspecified atom stereocenters. The van der Waals surface area contributed by atoms with E-state index in [1.54, 1.807) is 11.1 Å². The van der Waals surface area contributed by atoms with E-state index >= 15 is 0 Å². The molecule has 2 aromatic carbocycles. The van der Waals surface area contributed by atoms with E-state index in [2.05, 4.69) is 109 Å². The van der Waals surface area contributed by atoms with Gasteiger partial charge in [0.15, 0.2) is 0 Å². The Kier molecular flexibility index (Phi) is 10.0. The molecule has 0 bridgehead atoms. The van der Waals surface area contributed by atoms with Crippen molar-refractivity contribution in [2.75, 3.05) is 0 Å². The molecule has 2 aromatic rings. The average molecular weight is 498 g/mol. The average Bonchev–Trinajstić information content (AvgIpc) is 3.05. The SMILES string of the molecule is CC(C)(C)[N-][Si](C)(C)C1CC2c3ccccc3-c3ccccc3C2C1.[CH2-][Si]([CH2-])(C)C.[CH3-].[Ti+4]. The molecule has 0 aliphatic heterocycles. The smallest absolute Gasteiger partial charge is 0.660 e. The van der Waals surface area contributed by atoms with Gasteiger partial charge in [-0.3, -0.25) is 8.07 Å². The molecule has 0 aromatic heterocycles. The van der Waals surface area contributed by atoms with Crippen LogP contribution in [0.3, 0.4) is 0 Å². The van der Waals surface area contributed by atoms with E-state index < -0.39 is 16.3 Å². The molecule has 0 saturated heterocycles. The Bertz CT molecular complexity index is 820. The summed E-state index contributed by atoms with van der Waals surface area (Å²) >= 11 is 0. The molecule has 2 atom stereocenters. The van der Waals surface area contributed by atoms with Crippen LogP contribution in [0.25, 0.3) is 16.1 Å². The van der Waals surface area contributed by atoms with Gasteiger partial charge in [0, 0.05) is 0 Å². The van der Waals surface area contributed by atoms with E-state index in [9.17, 15) is 0 Å². The van der Waals surface area contributed by atoms with Gasteiger partial charge in [-0.1, -0.05) is 96.2 Å². The van der Waals surface area contributed by atoms with Crippen molar-refractivity contribution in [2.45, 2.75) is 82.7 Å². The van der Waals surface area contributed by atoms with Crippen LogP contribution in [-0.2, 0) is 21.7 Å². The minimum absolute atomic E-state index is 0. The Labute approximate surface area is 216 Å². The normalized spacial score (nSPS) is 21.6. The fourth-order valence-electron chi connectivity index (χ4n) is 5.39. The number of fused-ring (bicyclic) bond motifs is 6. The molecule has 1 nitrogen and oxygen atoms in total. The number of hydrogen-bond donors (Lipinski definition) is 0. The largest absolute Gasteiger partial charge is 4.00 e. The number of nitrogens with zero attached hydrogens (tertiary/aromatic N) is 1. The standard InChI is InChI=1S/C23H30NSi.C4H10Si.CH3.Ti/c1-23(2,3)24-25(4,5)16-14-21-19-12-8-6-10-17(19)18-11-7-9-13-20(18)22(21)15-16;1-5(2,3)4;;/h6-13,16,21-22H,14-15H2,1-5H3;1-2H2,3-4H3;1H3;/q-1;-2;-1;+4. The Morgan fingerprint density at radius 2 is 1.12 bits per heavy atom. The number of benzene rings is 2. The Morgan fingerprint density at radius 1 is 0.781 bits per heavy atom. The molecule has 0 heterocycles. The van der Waals surface area contributed by atoms with Crippen molar-refractivity contribution in [2.24, 2.45) is 0 Å². The van der Waals surface area contributed by atoms with Crippen LogP contribution in [0.15, 0.2) is 48.5 Å². The summed E-state index contributed by atoms with van der Waals surface area (Å²) in [5, 5.41) is 0. The van der Waals surface area contributed by atoms with Gasteiger partial charge in [-0.2, -0.15) is 0 Å². The predicted molar refractivity (Wildman–Crippen MR) is 146 cm³/mol. The molecule has 0 radical (unpaired) electrons. The van der Waals surface area contributed by atoms with Gasteiger partial charge in [-0.15, -0.1) is 18.6 Å². The van der Waals surface area contributed by atoms with Gasteiger partial charge in [0.2, 0.25) is 0 Å². The maximum atomic E-state index is 5.33. The fraction of sp³-hybridized carbons (Fsp3) is 0.464. The maximum absolute atomic E-state index is 5.33. The zero-order valence-corrected chi connectivity index (χ0v) is 25.2. The molecule has 2 aliphatic carbocycles. The molecule has 32 heavy (non-hydrogen) atoms. The van der Waals surface area contributed by atoms with Crippen LogP contribution in [0.4, 0.5) is 0 Å². The molecule has 0 amide bonds. The van der Waals surface area contributed by atoms with E-state index in [1.807, 2.05) is 0 Å². The Hall–Kier alpha value is -0.452. The first kappa shape index (κ1) is 29.6. The van der Waals surface area contributed by atoms with Crippen molar-refractivity contribution >= 4 is 16.3 Å². The van der Waals surface area contributed by atoms with Gasteiger partial charge in [-0.25, -0.2) is 0 Å². The van der Waals surface area contributed by atoms with Gasteiger partial charge in [-0.05, 0) is 46.9 Å². The predicted octanol–water partition coefficient (Wildman–Crippen LogP) is 8.96. The summed E-state index contributed by atoms with van der Waals surface area (Å²) in [6.07, 6.45) is 2.63. The van der Waals surface area contributed by atoms with E-state index in [-0.39, 0.29) is 34.7 Å². The second kappa shape index (κ2) is 10.9. The molecular formula is C28H43NSi2Ti. The molecule has 1 fully saturated rings. The van der Waals surface area contributed by atoms with Crippen LogP contribution in [-0.4, -0.2) is 21.8 Å². The van der Waals surface area contributed by atoms with Gasteiger partial charge in [0.1, 0.15) is 0 Å². The quantitative estimate of drug-likeness (QED) is 0.290. The topological polar surface area (TPSA) is 14.1 Å². The summed E-state index contributed by atoms with van der Waals surface area (Å²) in [4.78, 5) is 5.33. The van der Waals surface area contributed by atoms with E-state index in [1.165, 1.54) is 24.0 Å². The van der Waals surface area contributed by atoms with Crippen LogP contribution in [0.1, 0.15) is 56.6 Å². The first-order chi connectivity index (χ1) is 13.8. The van der Waals surface area contributed by atoms with Gasteiger partial charge >= 0.3 is 21.7 Å². The van der Waals surface area contributed by atoms with Crippen molar-refractivity contribution in [3.63, 3.8) is 0 Å². The van der Waals surface area contributed by atoms with Crippen LogP contribution in [0.2, 0.25) is 31.7 Å². The number of hydrogen-bond acceptors (Lipinski definition) is 0. The van der Waals surface area contributed by atoms with Crippen LogP contribution in [0.5, 0.6) is 0 Å². The molecule has 172 valence electrons. The van der Waals surface area contributed by atoms with Crippen LogP contribution >= 0.6 is 0 Å². The fourth-order valence-corrected chi connectivity index (χ4v) is 8.96. The van der Waals surface area contributed by atoms with Crippen molar-refractivity contribution in [3.05, 3.63) is 85.2 Å². The van der Waals surface area contributed by atoms with Gasteiger partial charge in [0.05, 0.1) is 0 Å². The first-order valence-electron chi connectivity index (χ1n) is 11.4. The molecule has 4 rings (SSSR count). The van der Waals surface area contributed by atoms with Crippen molar-refractivity contribution < 1.29 is 21.7 Å². The molecular weight excluding hydrogens is 454 g/mol. The minimum atomic E-state index is -1.61. The molecule has 0 spiro atoms. The monoisotopic (exact) mass is 497 g/mol. The van der Waals surface area contributed by atoms with Gasteiger partial charge in [0.25, 0.3) is 0 Å². The second-order valence-electron chi connectivity index (χ2n) is 11.7. The molecule has 0 N–H and O–H groups in total. The van der Waals surface area contributed by atoms with Crippen LogP contribution in [0, 0.1) is 20.5 Å². The van der Waals surface area contributed by atoms with Crippen molar-refractivity contribution in [1.29, 1.82) is 0 Å². The summed E-state index contributed by atoms with van der Waals surface area (Å²) in [5.74, 6) is 1.36. The third kappa shape index (κ3) is 7.27. The van der Waals surface area contributed by atoms with E-state index in [0.717, 1.165) is 5.54 Å². The van der Waals surface area contributed by atoms with Crippen LogP contribution < -0.4 is 0 Å². The zero-order chi connectivity index (χ0) is 22.3. The molecule has 1 saturated carbocycles. The van der Waals surface area contributed by atoms with Crippen molar-refractivity contribution in [1.82, 2.24) is 0 Å². The zero-order valence-electron chi connectivity index (χ0n) is 21.6. The first-order valence-corrected chi connectivity index (χ1v) is 17.8. The summed E-state index contributed by atoms with van der Waals surface area (Å²) in [6.45, 7) is 23.5. The van der Waals surface area contributed by atoms with E-state index in [4.69, 9.17) is 4.98 Å². The summed E-state index contributed by atoms with van der Waals surface area (Å²) in [5.41, 5.74) is 6.95. The molecule has 4 heteroatoms. The summed E-state index contributed by atoms with van der Waals surface area (Å²) in [6, 6.07) is 18.2. The third-order valence-electron chi connectivity index (χ3n) is 6.20. The minimum Gasteiger partial charge on any atom is -0.660 e. The Balaban J connectivity index is 0.000000664. The van der Waals surface area contributed by atoms with Crippen molar-refractivity contribution in [3.8, 4) is 11.1 Å². The summed E-state index contributed by atoms with van der Waals surface area (Å²) in [7, 11) is -2.72. The second-order valence-corrected chi connectivity index (χ2v) is 20.3. The summed E-state index contributed by atoms with van der Waals surface area (Å²) < 4.78 is 0. The van der Waals surface area contributed by atoms with E-state index in [0.29, 0.717) is 11.8 Å². The van der Waals surface area contributed by atoms with Gasteiger partial charge < -0.3 is 25.5 Å². The maximum Gasteiger partial charge on any atom is 4.00 e. The third-order valence-corrected chi connectivity index (χ3v) is 9.91. The Morgan fingerprint density at radius 3 is 1.47 bits per heavy atom.